The van der Waals surface area contributed by atoms with Crippen molar-refractivity contribution in [3.8, 4) is 0 Å². The molecule has 8 heteroatoms. The van der Waals surface area contributed by atoms with Crippen molar-refractivity contribution >= 4 is 22.2 Å². The zero-order valence-corrected chi connectivity index (χ0v) is 18.3. The van der Waals surface area contributed by atoms with Gasteiger partial charge in [0.05, 0.1) is 23.0 Å². The molecule has 0 atom stereocenters. The molecule has 33 heavy (non-hydrogen) atoms. The Hall–Kier alpha value is -3.13. The second-order valence-corrected chi connectivity index (χ2v) is 8.57. The normalized spacial score (nSPS) is 17.2. The van der Waals surface area contributed by atoms with Gasteiger partial charge in [0, 0.05) is 36.6 Å². The molecule has 5 rings (SSSR count). The minimum absolute atomic E-state index is 0.532. The summed E-state index contributed by atoms with van der Waals surface area (Å²) in [7, 11) is 0. The Labute approximate surface area is 190 Å². The van der Waals surface area contributed by atoms with Gasteiger partial charge < -0.3 is 9.80 Å². The average Bonchev–Trinajstić information content (AvgIpc) is 3.49. The van der Waals surface area contributed by atoms with Crippen molar-refractivity contribution in [1.29, 1.82) is 0 Å². The number of halogens is 3. The molecule has 0 unspecified atom stereocenters. The second-order valence-electron chi connectivity index (χ2n) is 8.57. The lowest BCUT2D eigenvalue weighted by Gasteiger charge is -2.23. The number of pyridine rings is 1. The molecule has 2 aliphatic heterocycles. The molecular weight excluding hydrogens is 427 g/mol. The molecule has 0 bridgehead atoms. The highest BCUT2D eigenvalue weighted by atomic mass is 19.4. The van der Waals surface area contributed by atoms with Gasteiger partial charge in [-0.15, -0.1) is 0 Å². The zero-order chi connectivity index (χ0) is 22.8. The van der Waals surface area contributed by atoms with Crippen LogP contribution in [0.2, 0.25) is 0 Å². The Bertz CT molecular complexity index is 1170. The molecule has 0 saturated carbocycles. The number of alkyl halides is 3. The average molecular weight is 454 g/mol. The molecule has 2 aliphatic rings. The van der Waals surface area contributed by atoms with Gasteiger partial charge in [0.15, 0.2) is 0 Å². The number of hydrogen-bond acceptors (Lipinski definition) is 4. The van der Waals surface area contributed by atoms with Crippen LogP contribution in [0, 0.1) is 0 Å². The molecule has 2 aromatic heterocycles. The summed E-state index contributed by atoms with van der Waals surface area (Å²) in [5.74, 6) is 0. The first-order valence-corrected chi connectivity index (χ1v) is 11.3. The van der Waals surface area contributed by atoms with Crippen LogP contribution in [0.4, 0.5) is 18.9 Å². The molecule has 3 aromatic rings. The first-order chi connectivity index (χ1) is 16.0. The van der Waals surface area contributed by atoms with Crippen LogP contribution >= 0.6 is 0 Å². The van der Waals surface area contributed by atoms with Gasteiger partial charge in [0.1, 0.15) is 0 Å². The fourth-order valence-corrected chi connectivity index (χ4v) is 4.49. The van der Waals surface area contributed by atoms with E-state index in [2.05, 4.69) is 42.8 Å². The number of fused-ring (bicyclic) bond motifs is 1. The number of aryl methyl sites for hydroxylation is 1. The smallest absolute Gasteiger partial charge is 0.344 e. The van der Waals surface area contributed by atoms with Crippen LogP contribution in [-0.4, -0.2) is 45.8 Å². The molecule has 172 valence electrons. The Morgan fingerprint density at radius 2 is 1.82 bits per heavy atom. The van der Waals surface area contributed by atoms with E-state index in [1.54, 1.807) is 0 Å². The topological polar surface area (TPSA) is 37.2 Å². The molecule has 0 aliphatic carbocycles. The summed E-state index contributed by atoms with van der Waals surface area (Å²) in [6, 6.07) is 8.80. The van der Waals surface area contributed by atoms with Crippen LogP contribution in [0.25, 0.3) is 16.5 Å². The van der Waals surface area contributed by atoms with Crippen LogP contribution in [0.15, 0.2) is 61.1 Å². The van der Waals surface area contributed by atoms with Crippen LogP contribution in [0.3, 0.4) is 0 Å². The molecule has 1 saturated heterocycles. The summed E-state index contributed by atoms with van der Waals surface area (Å²) in [5.41, 5.74) is 2.78. The fourth-order valence-electron chi connectivity index (χ4n) is 4.49. The lowest BCUT2D eigenvalue weighted by molar-refractivity contribution is -0.137. The summed E-state index contributed by atoms with van der Waals surface area (Å²) in [5, 5.41) is 5.68. The highest BCUT2D eigenvalue weighted by Crippen LogP contribution is 2.30. The third-order valence-electron chi connectivity index (χ3n) is 6.33. The standard InChI is InChI=1S/C25H26F3N5/c26-25(27,28)21-4-6-23(29-18-21)19-8-14-32(15-9-19)22-5-7-24-20(16-22)17-30-33(24)13-3-12-31-10-1-2-11-31/h4-9,14,16-18H,1-3,10-13,15H2. The van der Waals surface area contributed by atoms with Crippen molar-refractivity contribution in [3.05, 3.63) is 72.3 Å². The number of nitrogens with zero attached hydrogens (tertiary/aromatic N) is 5. The van der Waals surface area contributed by atoms with Crippen LogP contribution < -0.4 is 4.90 Å². The predicted octanol–water partition coefficient (Wildman–Crippen LogP) is 5.35. The SMILES string of the molecule is FC(F)(F)c1ccc(C2=CCN(c3ccc4c(cnn4CCCN4CCCC4)c3)C=C2)nc1. The molecule has 0 radical (unpaired) electrons. The minimum atomic E-state index is -4.38. The number of rotatable bonds is 6. The van der Waals surface area contributed by atoms with Crippen LogP contribution in [-0.2, 0) is 12.7 Å². The van der Waals surface area contributed by atoms with Crippen molar-refractivity contribution in [3.63, 3.8) is 0 Å². The van der Waals surface area contributed by atoms with Crippen molar-refractivity contribution in [2.75, 3.05) is 31.1 Å². The molecule has 4 heterocycles. The van der Waals surface area contributed by atoms with E-state index in [1.165, 1.54) is 32.0 Å². The van der Waals surface area contributed by atoms with Crippen LogP contribution in [0.1, 0.15) is 30.5 Å². The fraction of sp³-hybridized carbons (Fsp3) is 0.360. The van der Waals surface area contributed by atoms with Gasteiger partial charge >= 0.3 is 6.18 Å². The first-order valence-electron chi connectivity index (χ1n) is 11.3. The second kappa shape index (κ2) is 9.02. The number of allylic oxidation sites excluding steroid dienone is 2. The van der Waals surface area contributed by atoms with Crippen molar-refractivity contribution < 1.29 is 13.2 Å². The van der Waals surface area contributed by atoms with Gasteiger partial charge in [0.2, 0.25) is 0 Å². The van der Waals surface area contributed by atoms with E-state index in [4.69, 9.17) is 0 Å². The van der Waals surface area contributed by atoms with Crippen LogP contribution in [0.5, 0.6) is 0 Å². The highest BCUT2D eigenvalue weighted by Gasteiger charge is 2.30. The lowest BCUT2D eigenvalue weighted by Crippen LogP contribution is -2.21. The number of benzene rings is 1. The van der Waals surface area contributed by atoms with E-state index in [0.29, 0.717) is 12.2 Å². The zero-order valence-electron chi connectivity index (χ0n) is 18.3. The van der Waals surface area contributed by atoms with E-state index < -0.39 is 11.7 Å². The summed E-state index contributed by atoms with van der Waals surface area (Å²) in [6.07, 6.45) is 7.94. The number of aromatic nitrogens is 3. The van der Waals surface area contributed by atoms with Gasteiger partial charge in [-0.2, -0.15) is 18.3 Å². The Kier molecular flexibility index (Phi) is 5.93. The summed E-state index contributed by atoms with van der Waals surface area (Å²) in [6.45, 7) is 5.09. The maximum absolute atomic E-state index is 12.8. The Morgan fingerprint density at radius 3 is 2.52 bits per heavy atom. The van der Waals surface area contributed by atoms with Gasteiger partial charge in [-0.05, 0) is 80.9 Å². The molecule has 0 amide bonds. The minimum Gasteiger partial charge on any atom is -0.344 e. The largest absolute Gasteiger partial charge is 0.417 e. The summed E-state index contributed by atoms with van der Waals surface area (Å²) >= 11 is 0. The highest BCUT2D eigenvalue weighted by molar-refractivity contribution is 5.84. The third-order valence-corrected chi connectivity index (χ3v) is 6.33. The van der Waals surface area contributed by atoms with E-state index in [-0.39, 0.29) is 0 Å². The molecule has 0 N–H and O–H groups in total. The molecule has 1 fully saturated rings. The predicted molar refractivity (Wildman–Crippen MR) is 124 cm³/mol. The number of anilines is 1. The maximum atomic E-state index is 12.8. The van der Waals surface area contributed by atoms with Gasteiger partial charge in [0.25, 0.3) is 0 Å². The third kappa shape index (κ3) is 4.80. The molecular formula is C25H26F3N5. The molecule has 1 aromatic carbocycles. The van der Waals surface area contributed by atoms with E-state index >= 15 is 0 Å². The molecule has 5 nitrogen and oxygen atoms in total. The van der Waals surface area contributed by atoms with Gasteiger partial charge in [-0.25, -0.2) is 0 Å². The van der Waals surface area contributed by atoms with E-state index in [1.807, 2.05) is 24.5 Å². The van der Waals surface area contributed by atoms with Crippen molar-refractivity contribution in [2.24, 2.45) is 0 Å². The number of likely N-dealkylation sites (tertiary alicyclic amines) is 1. The van der Waals surface area contributed by atoms with Crippen molar-refractivity contribution in [2.45, 2.75) is 32.0 Å². The number of hydrogen-bond donors (Lipinski definition) is 0. The summed E-state index contributed by atoms with van der Waals surface area (Å²) < 4.78 is 40.3. The Morgan fingerprint density at radius 1 is 0.970 bits per heavy atom. The monoisotopic (exact) mass is 453 g/mol. The van der Waals surface area contributed by atoms with Gasteiger partial charge in [-0.3, -0.25) is 9.67 Å². The summed E-state index contributed by atoms with van der Waals surface area (Å²) in [4.78, 5) is 8.61. The lowest BCUT2D eigenvalue weighted by atomic mass is 10.1. The van der Waals surface area contributed by atoms with Gasteiger partial charge in [-0.1, -0.05) is 6.08 Å². The molecule has 0 spiro atoms. The first kappa shape index (κ1) is 21.7. The quantitative estimate of drug-likeness (QED) is 0.504. The Balaban J connectivity index is 1.23. The van der Waals surface area contributed by atoms with E-state index in [9.17, 15) is 13.2 Å². The maximum Gasteiger partial charge on any atom is 0.417 e. The van der Waals surface area contributed by atoms with Crippen molar-refractivity contribution in [1.82, 2.24) is 19.7 Å². The van der Waals surface area contributed by atoms with E-state index in [0.717, 1.165) is 53.9 Å².